The van der Waals surface area contributed by atoms with E-state index in [0.717, 1.165) is 34.9 Å². The normalized spacial score (nSPS) is 13.9. The summed E-state index contributed by atoms with van der Waals surface area (Å²) in [6.45, 7) is 6.70. The molecule has 0 spiro atoms. The van der Waals surface area contributed by atoms with Crippen molar-refractivity contribution in [3.05, 3.63) is 126 Å². The van der Waals surface area contributed by atoms with E-state index in [4.69, 9.17) is 0 Å². The summed E-state index contributed by atoms with van der Waals surface area (Å²) in [5, 5.41) is 9.35. The van der Waals surface area contributed by atoms with Crippen LogP contribution in [0.4, 0.5) is 0 Å². The highest BCUT2D eigenvalue weighted by molar-refractivity contribution is 5.80. The zero-order valence-corrected chi connectivity index (χ0v) is 19.9. The lowest BCUT2D eigenvalue weighted by Gasteiger charge is -2.19. The van der Waals surface area contributed by atoms with Gasteiger partial charge in [0, 0.05) is 16.8 Å². The summed E-state index contributed by atoms with van der Waals surface area (Å²) < 4.78 is 2.17. The van der Waals surface area contributed by atoms with Crippen LogP contribution >= 0.6 is 0 Å². The van der Waals surface area contributed by atoms with Gasteiger partial charge >= 0.3 is 0 Å². The van der Waals surface area contributed by atoms with E-state index in [1.54, 1.807) is 0 Å². The predicted molar refractivity (Wildman–Crippen MR) is 142 cm³/mol. The van der Waals surface area contributed by atoms with Crippen LogP contribution in [0.15, 0.2) is 109 Å². The minimum Gasteiger partial charge on any atom is -0.275 e. The summed E-state index contributed by atoms with van der Waals surface area (Å²) in [6.07, 6.45) is 9.54. The molecule has 0 unspecified atom stereocenters. The lowest BCUT2D eigenvalue weighted by Crippen LogP contribution is -2.10. The zero-order valence-electron chi connectivity index (χ0n) is 19.9. The van der Waals surface area contributed by atoms with Gasteiger partial charge in [0.15, 0.2) is 11.6 Å². The summed E-state index contributed by atoms with van der Waals surface area (Å²) >= 11 is 0. The average Bonchev–Trinajstić information content (AvgIpc) is 3.15. The van der Waals surface area contributed by atoms with E-state index in [1.807, 2.05) is 12.1 Å². The number of para-hydroxylation sites is 1. The number of aromatic nitrogens is 3. The minimum atomic E-state index is 0.108. The van der Waals surface area contributed by atoms with Crippen molar-refractivity contribution in [2.75, 3.05) is 0 Å². The topological polar surface area (TPSA) is 30.7 Å². The van der Waals surface area contributed by atoms with Crippen molar-refractivity contribution < 1.29 is 0 Å². The Kier molecular flexibility index (Phi) is 5.85. The molecule has 0 N–H and O–H groups in total. The van der Waals surface area contributed by atoms with Crippen molar-refractivity contribution >= 4 is 11.1 Å². The smallest absolute Gasteiger partial charge is 0.168 e. The van der Waals surface area contributed by atoms with Crippen LogP contribution in [0.3, 0.4) is 0 Å². The van der Waals surface area contributed by atoms with Crippen molar-refractivity contribution in [2.45, 2.75) is 32.6 Å². The van der Waals surface area contributed by atoms with Crippen molar-refractivity contribution in [1.82, 2.24) is 14.8 Å². The third-order valence-corrected chi connectivity index (χ3v) is 6.18. The molecule has 1 aromatic heterocycles. The molecule has 1 aliphatic rings. The fourth-order valence-corrected chi connectivity index (χ4v) is 4.24. The maximum atomic E-state index is 4.68. The van der Waals surface area contributed by atoms with Gasteiger partial charge in [0.25, 0.3) is 0 Å². The lowest BCUT2D eigenvalue weighted by molar-refractivity contribution is 0.590. The molecule has 34 heavy (non-hydrogen) atoms. The first-order valence-corrected chi connectivity index (χ1v) is 11.8. The fraction of sp³-hybridized carbons (Fsp3) is 0.161. The summed E-state index contributed by atoms with van der Waals surface area (Å²) in [7, 11) is 0. The van der Waals surface area contributed by atoms with Gasteiger partial charge in [-0.15, -0.1) is 10.2 Å². The molecular formula is C31H29N3. The van der Waals surface area contributed by atoms with Crippen LogP contribution < -0.4 is 0 Å². The van der Waals surface area contributed by atoms with Crippen LogP contribution in [0.1, 0.15) is 44.1 Å². The molecule has 0 fully saturated rings. The summed E-state index contributed by atoms with van der Waals surface area (Å²) in [5.74, 6) is 1.72. The van der Waals surface area contributed by atoms with Gasteiger partial charge < -0.3 is 0 Å². The number of rotatable bonds is 4. The fourth-order valence-electron chi connectivity index (χ4n) is 4.24. The third kappa shape index (κ3) is 4.42. The van der Waals surface area contributed by atoms with E-state index >= 15 is 0 Å². The van der Waals surface area contributed by atoms with Crippen LogP contribution in [-0.4, -0.2) is 14.8 Å². The molecule has 3 nitrogen and oxygen atoms in total. The molecule has 5 rings (SSSR count). The highest BCUT2D eigenvalue weighted by Gasteiger charge is 2.20. The number of nitrogens with zero attached hydrogens (tertiary/aromatic N) is 3. The Morgan fingerprint density at radius 2 is 1.32 bits per heavy atom. The third-order valence-electron chi connectivity index (χ3n) is 6.18. The SMILES string of the molecule is CC(C)(C)c1ccc(-c2nnc(C3=CC=C(c4ccccc4)C=CC3)n2-c2ccccc2)cc1. The Balaban J connectivity index is 1.60. The van der Waals surface area contributed by atoms with E-state index in [2.05, 4.69) is 133 Å². The zero-order chi connectivity index (χ0) is 23.5. The monoisotopic (exact) mass is 443 g/mol. The largest absolute Gasteiger partial charge is 0.275 e. The molecule has 3 aromatic carbocycles. The Hall–Kier alpha value is -3.98. The average molecular weight is 444 g/mol. The van der Waals surface area contributed by atoms with Crippen LogP contribution in [-0.2, 0) is 5.41 Å². The highest BCUT2D eigenvalue weighted by Crippen LogP contribution is 2.31. The van der Waals surface area contributed by atoms with Crippen molar-refractivity contribution in [2.24, 2.45) is 0 Å². The molecule has 168 valence electrons. The molecule has 4 aromatic rings. The van der Waals surface area contributed by atoms with E-state index in [-0.39, 0.29) is 5.41 Å². The first-order valence-electron chi connectivity index (χ1n) is 11.8. The van der Waals surface area contributed by atoms with E-state index in [1.165, 1.54) is 16.7 Å². The maximum absolute atomic E-state index is 4.68. The van der Waals surface area contributed by atoms with Crippen molar-refractivity contribution in [3.63, 3.8) is 0 Å². The molecule has 0 aliphatic heterocycles. The minimum absolute atomic E-state index is 0.108. The summed E-state index contributed by atoms with van der Waals surface area (Å²) in [4.78, 5) is 0. The maximum Gasteiger partial charge on any atom is 0.168 e. The van der Waals surface area contributed by atoms with Crippen LogP contribution in [0.2, 0.25) is 0 Å². The standard InChI is InChI=1S/C31H29N3/c1-31(2,3)27-21-19-26(20-22-27)30-33-32-29(34(30)28-15-8-5-9-16-28)25-14-10-13-24(17-18-25)23-11-6-4-7-12-23/h4-13,15-22H,14H2,1-3H3. The van der Waals surface area contributed by atoms with E-state index in [9.17, 15) is 0 Å². The van der Waals surface area contributed by atoms with Crippen molar-refractivity contribution in [3.8, 4) is 17.1 Å². The summed E-state index contributed by atoms with van der Waals surface area (Å²) in [6, 6.07) is 29.5. The van der Waals surface area contributed by atoms with Gasteiger partial charge in [0.05, 0.1) is 0 Å². The van der Waals surface area contributed by atoms with Gasteiger partial charge in [-0.25, -0.2) is 0 Å². The van der Waals surface area contributed by atoms with Gasteiger partial charge in [-0.05, 0) is 40.7 Å². The predicted octanol–water partition coefficient (Wildman–Crippen LogP) is 7.66. The van der Waals surface area contributed by atoms with Gasteiger partial charge in [-0.1, -0.05) is 118 Å². The first-order chi connectivity index (χ1) is 16.5. The van der Waals surface area contributed by atoms with Gasteiger partial charge in [-0.3, -0.25) is 4.57 Å². The second-order valence-corrected chi connectivity index (χ2v) is 9.63. The quantitative estimate of drug-likeness (QED) is 0.324. The molecule has 0 bridgehead atoms. The number of hydrogen-bond acceptors (Lipinski definition) is 2. The summed E-state index contributed by atoms with van der Waals surface area (Å²) in [5.41, 5.74) is 7.06. The van der Waals surface area contributed by atoms with Crippen molar-refractivity contribution in [1.29, 1.82) is 0 Å². The highest BCUT2D eigenvalue weighted by atomic mass is 15.3. The number of benzene rings is 3. The molecule has 1 heterocycles. The van der Waals surface area contributed by atoms with E-state index < -0.39 is 0 Å². The van der Waals surface area contributed by atoms with Crippen LogP contribution in [0.5, 0.6) is 0 Å². The van der Waals surface area contributed by atoms with E-state index in [0.29, 0.717) is 0 Å². The van der Waals surface area contributed by atoms with Gasteiger partial charge in [0.2, 0.25) is 0 Å². The molecule has 0 radical (unpaired) electrons. The number of hydrogen-bond donors (Lipinski definition) is 0. The number of allylic oxidation sites excluding steroid dienone is 6. The first kappa shape index (κ1) is 21.8. The Labute approximate surface area is 201 Å². The second-order valence-electron chi connectivity index (χ2n) is 9.63. The molecule has 0 saturated carbocycles. The molecule has 1 aliphatic carbocycles. The van der Waals surface area contributed by atoms with Crippen LogP contribution in [0, 0.1) is 0 Å². The molecule has 0 amide bonds. The molecular weight excluding hydrogens is 414 g/mol. The Morgan fingerprint density at radius 1 is 0.676 bits per heavy atom. The Bertz CT molecular complexity index is 1360. The molecule has 0 atom stereocenters. The van der Waals surface area contributed by atoms with Crippen LogP contribution in [0.25, 0.3) is 28.2 Å². The molecule has 0 saturated heterocycles. The van der Waals surface area contributed by atoms with Gasteiger partial charge in [-0.2, -0.15) is 0 Å². The Morgan fingerprint density at radius 3 is 2.00 bits per heavy atom. The second kappa shape index (κ2) is 9.11. The van der Waals surface area contributed by atoms with Gasteiger partial charge in [0.1, 0.15) is 0 Å². The lowest BCUT2D eigenvalue weighted by atomic mass is 9.86. The molecule has 3 heteroatoms.